The Balaban J connectivity index is 2.49. The largest absolute Gasteiger partial charge is 0.465 e. The molecule has 0 amide bonds. The summed E-state index contributed by atoms with van der Waals surface area (Å²) >= 11 is 3.22. The number of nitrogens with zero attached hydrogens (tertiary/aromatic N) is 1. The third kappa shape index (κ3) is 4.65. The van der Waals surface area contributed by atoms with Gasteiger partial charge in [0.15, 0.2) is 0 Å². The fourth-order valence-electron chi connectivity index (χ4n) is 1.46. The van der Waals surface area contributed by atoms with Gasteiger partial charge in [-0.2, -0.15) is 0 Å². The molecule has 1 aromatic rings. The Morgan fingerprint density at radius 2 is 2.47 bits per heavy atom. The molecule has 1 heterocycles. The van der Waals surface area contributed by atoms with E-state index < -0.39 is 5.54 Å². The van der Waals surface area contributed by atoms with Gasteiger partial charge in [-0.25, -0.2) is 4.98 Å². The average molecular weight is 274 g/mol. The Hall–Kier alpha value is -0.590. The number of carbonyl (C=O) groups excluding carboxylic acids is 1. The van der Waals surface area contributed by atoms with Crippen molar-refractivity contribution in [1.82, 2.24) is 4.98 Å². The standard InChI is InChI=1S/C11H18N2O2S2/c1-4-15-9(14)11(3,12)7-8(2)17-10-13-5-6-16-10/h5-6,8H,4,7,12H2,1-3H3. The SMILES string of the molecule is CCOC(=O)C(C)(N)CC(C)Sc1nccs1. The van der Waals surface area contributed by atoms with Gasteiger partial charge in [-0.1, -0.05) is 18.7 Å². The number of aromatic nitrogens is 1. The first-order valence-corrected chi connectivity index (χ1v) is 7.24. The molecule has 0 fully saturated rings. The van der Waals surface area contributed by atoms with Crippen molar-refractivity contribution in [2.75, 3.05) is 6.61 Å². The molecule has 2 unspecified atom stereocenters. The van der Waals surface area contributed by atoms with Crippen LogP contribution >= 0.6 is 23.1 Å². The predicted molar refractivity (Wildman–Crippen MR) is 71.3 cm³/mol. The van der Waals surface area contributed by atoms with Crippen LogP contribution in [0.2, 0.25) is 0 Å². The molecule has 0 radical (unpaired) electrons. The molecule has 1 aromatic heterocycles. The predicted octanol–water partition coefficient (Wildman–Crippen LogP) is 2.29. The molecule has 2 atom stereocenters. The monoisotopic (exact) mass is 274 g/mol. The quantitative estimate of drug-likeness (QED) is 0.637. The number of hydrogen-bond donors (Lipinski definition) is 1. The van der Waals surface area contributed by atoms with Gasteiger partial charge in [0.2, 0.25) is 0 Å². The van der Waals surface area contributed by atoms with E-state index in [-0.39, 0.29) is 11.2 Å². The lowest BCUT2D eigenvalue weighted by molar-refractivity contribution is -0.149. The second-order valence-corrected chi connectivity index (χ2v) is 6.65. The van der Waals surface area contributed by atoms with Gasteiger partial charge in [0.25, 0.3) is 0 Å². The molecule has 4 nitrogen and oxygen atoms in total. The molecule has 0 bridgehead atoms. The van der Waals surface area contributed by atoms with Crippen molar-refractivity contribution < 1.29 is 9.53 Å². The summed E-state index contributed by atoms with van der Waals surface area (Å²) in [7, 11) is 0. The third-order valence-corrected chi connectivity index (χ3v) is 4.18. The van der Waals surface area contributed by atoms with Gasteiger partial charge in [0.05, 0.1) is 6.61 Å². The topological polar surface area (TPSA) is 65.2 Å². The van der Waals surface area contributed by atoms with E-state index in [2.05, 4.69) is 4.98 Å². The van der Waals surface area contributed by atoms with E-state index in [4.69, 9.17) is 10.5 Å². The Kier molecular flexibility index (Phi) is 5.42. The highest BCUT2D eigenvalue weighted by atomic mass is 32.2. The molecule has 17 heavy (non-hydrogen) atoms. The van der Waals surface area contributed by atoms with Gasteiger partial charge in [-0.15, -0.1) is 11.3 Å². The van der Waals surface area contributed by atoms with Gasteiger partial charge in [0, 0.05) is 16.8 Å². The zero-order chi connectivity index (χ0) is 12.9. The minimum atomic E-state index is -0.931. The van der Waals surface area contributed by atoms with Crippen LogP contribution in [0.25, 0.3) is 0 Å². The smallest absolute Gasteiger partial charge is 0.325 e. The average Bonchev–Trinajstić information content (AvgIpc) is 2.69. The summed E-state index contributed by atoms with van der Waals surface area (Å²) in [4.78, 5) is 15.8. The summed E-state index contributed by atoms with van der Waals surface area (Å²) in [5.74, 6) is -0.341. The van der Waals surface area contributed by atoms with Crippen LogP contribution in [0.15, 0.2) is 15.9 Å². The van der Waals surface area contributed by atoms with Gasteiger partial charge in [-0.05, 0) is 20.3 Å². The lowest BCUT2D eigenvalue weighted by atomic mass is 9.98. The van der Waals surface area contributed by atoms with Crippen molar-refractivity contribution in [3.8, 4) is 0 Å². The van der Waals surface area contributed by atoms with E-state index in [1.165, 1.54) is 0 Å². The third-order valence-electron chi connectivity index (χ3n) is 2.16. The normalized spacial score (nSPS) is 16.2. The molecule has 0 saturated carbocycles. The first kappa shape index (κ1) is 14.5. The maximum absolute atomic E-state index is 11.6. The lowest BCUT2D eigenvalue weighted by Crippen LogP contribution is -2.47. The Bertz CT molecular complexity index is 352. The lowest BCUT2D eigenvalue weighted by Gasteiger charge is -2.24. The second kappa shape index (κ2) is 6.37. The fourth-order valence-corrected chi connectivity index (χ4v) is 3.60. The molecule has 6 heteroatoms. The van der Waals surface area contributed by atoms with E-state index >= 15 is 0 Å². The zero-order valence-corrected chi connectivity index (χ0v) is 11.9. The summed E-state index contributed by atoms with van der Waals surface area (Å²) < 4.78 is 5.95. The highest BCUT2D eigenvalue weighted by molar-refractivity contribution is 8.01. The Morgan fingerprint density at radius 1 is 1.76 bits per heavy atom. The molecule has 0 aliphatic rings. The van der Waals surface area contributed by atoms with Crippen LogP contribution in [-0.4, -0.2) is 28.3 Å². The summed E-state index contributed by atoms with van der Waals surface area (Å²) in [5.41, 5.74) is 5.04. The number of esters is 1. The first-order chi connectivity index (χ1) is 7.95. The zero-order valence-electron chi connectivity index (χ0n) is 10.3. The van der Waals surface area contributed by atoms with Gasteiger partial charge in [-0.3, -0.25) is 4.79 Å². The van der Waals surface area contributed by atoms with Crippen LogP contribution in [-0.2, 0) is 9.53 Å². The highest BCUT2D eigenvalue weighted by Crippen LogP contribution is 2.29. The molecule has 1 rings (SSSR count). The maximum atomic E-state index is 11.6. The molecular weight excluding hydrogens is 256 g/mol. The summed E-state index contributed by atoms with van der Waals surface area (Å²) in [6.45, 7) is 5.89. The van der Waals surface area contributed by atoms with E-state index in [1.807, 2.05) is 12.3 Å². The minimum absolute atomic E-state index is 0.223. The Morgan fingerprint density at radius 3 is 3.00 bits per heavy atom. The van der Waals surface area contributed by atoms with E-state index in [0.717, 1.165) is 4.34 Å². The van der Waals surface area contributed by atoms with Gasteiger partial charge < -0.3 is 10.5 Å². The summed E-state index contributed by atoms with van der Waals surface area (Å²) in [6, 6.07) is 0. The molecular formula is C11H18N2O2S2. The number of rotatable bonds is 6. The molecule has 0 saturated heterocycles. The second-order valence-electron chi connectivity index (χ2n) is 4.07. The maximum Gasteiger partial charge on any atom is 0.325 e. The fraction of sp³-hybridized carbons (Fsp3) is 0.636. The number of nitrogens with two attached hydrogens (primary N) is 1. The van der Waals surface area contributed by atoms with E-state index in [0.29, 0.717) is 13.0 Å². The van der Waals surface area contributed by atoms with Crippen LogP contribution in [0.1, 0.15) is 27.2 Å². The van der Waals surface area contributed by atoms with Crippen molar-refractivity contribution in [3.63, 3.8) is 0 Å². The number of thioether (sulfide) groups is 1. The summed E-state index contributed by atoms with van der Waals surface area (Å²) in [6.07, 6.45) is 2.34. The first-order valence-electron chi connectivity index (χ1n) is 5.48. The van der Waals surface area contributed by atoms with Crippen LogP contribution in [0.4, 0.5) is 0 Å². The van der Waals surface area contributed by atoms with Crippen molar-refractivity contribution in [1.29, 1.82) is 0 Å². The Labute approximate surface area is 110 Å². The number of carbonyl (C=O) groups is 1. The van der Waals surface area contributed by atoms with E-state index in [9.17, 15) is 4.79 Å². The molecule has 0 aliphatic carbocycles. The highest BCUT2D eigenvalue weighted by Gasteiger charge is 2.32. The minimum Gasteiger partial charge on any atom is -0.465 e. The molecule has 0 aromatic carbocycles. The molecule has 0 aliphatic heterocycles. The van der Waals surface area contributed by atoms with Crippen LogP contribution in [0.5, 0.6) is 0 Å². The summed E-state index contributed by atoms with van der Waals surface area (Å²) in [5, 5.41) is 2.16. The van der Waals surface area contributed by atoms with Crippen molar-refractivity contribution in [3.05, 3.63) is 11.6 Å². The molecule has 0 spiro atoms. The number of ether oxygens (including phenoxy) is 1. The van der Waals surface area contributed by atoms with Crippen molar-refractivity contribution >= 4 is 29.1 Å². The van der Waals surface area contributed by atoms with Crippen molar-refractivity contribution in [2.24, 2.45) is 5.73 Å². The van der Waals surface area contributed by atoms with Crippen LogP contribution < -0.4 is 5.73 Å². The van der Waals surface area contributed by atoms with Crippen LogP contribution in [0.3, 0.4) is 0 Å². The number of hydrogen-bond acceptors (Lipinski definition) is 6. The number of thiazole rings is 1. The van der Waals surface area contributed by atoms with Gasteiger partial charge in [0.1, 0.15) is 9.88 Å². The molecule has 2 N–H and O–H groups in total. The van der Waals surface area contributed by atoms with Crippen LogP contribution in [0, 0.1) is 0 Å². The van der Waals surface area contributed by atoms with E-state index in [1.54, 1.807) is 43.1 Å². The van der Waals surface area contributed by atoms with Gasteiger partial charge >= 0.3 is 5.97 Å². The van der Waals surface area contributed by atoms with Crippen molar-refractivity contribution in [2.45, 2.75) is 42.3 Å². The molecule has 96 valence electrons.